The smallest absolute Gasteiger partial charge is 0.309 e. The maximum absolute atomic E-state index is 12.4. The van der Waals surface area contributed by atoms with Crippen molar-refractivity contribution in [2.75, 3.05) is 33.3 Å². The summed E-state index contributed by atoms with van der Waals surface area (Å²) in [5.74, 6) is 0.220. The molecule has 7 heteroatoms. The van der Waals surface area contributed by atoms with Gasteiger partial charge in [-0.05, 0) is 31.9 Å². The molecule has 138 valence electrons. The summed E-state index contributed by atoms with van der Waals surface area (Å²) in [6.07, 6.45) is 1.91. The summed E-state index contributed by atoms with van der Waals surface area (Å²) in [4.78, 5) is 39.5. The lowest BCUT2D eigenvalue weighted by molar-refractivity contribution is -0.151. The zero-order valence-electron chi connectivity index (χ0n) is 15.1. The van der Waals surface area contributed by atoms with Gasteiger partial charge in [-0.1, -0.05) is 6.92 Å². The summed E-state index contributed by atoms with van der Waals surface area (Å²) in [5, 5.41) is 0. The van der Waals surface area contributed by atoms with Crippen molar-refractivity contribution in [1.82, 2.24) is 9.80 Å². The second-order valence-electron chi connectivity index (χ2n) is 6.19. The highest BCUT2D eigenvalue weighted by atomic mass is 16.5. The van der Waals surface area contributed by atoms with Crippen LogP contribution in [0.15, 0.2) is 16.5 Å². The number of nitrogens with zero attached hydrogens (tertiary/aromatic N) is 2. The van der Waals surface area contributed by atoms with Gasteiger partial charge in [0, 0.05) is 26.6 Å². The van der Waals surface area contributed by atoms with Gasteiger partial charge >= 0.3 is 5.97 Å². The third-order valence-electron chi connectivity index (χ3n) is 4.41. The third kappa shape index (κ3) is 4.84. The molecule has 1 aromatic heterocycles. The van der Waals surface area contributed by atoms with E-state index in [0.29, 0.717) is 39.0 Å². The molecule has 1 aliphatic rings. The Morgan fingerprint density at radius 1 is 1.24 bits per heavy atom. The molecular formula is C18H26N2O5. The Kier molecular flexibility index (Phi) is 6.61. The molecule has 0 spiro atoms. The van der Waals surface area contributed by atoms with E-state index in [1.54, 1.807) is 31.0 Å². The lowest BCUT2D eigenvalue weighted by atomic mass is 9.97. The molecule has 2 rings (SSSR count). The number of carbonyl (C=O) groups excluding carboxylic acids is 3. The summed E-state index contributed by atoms with van der Waals surface area (Å²) in [6, 6.07) is 3.40. The van der Waals surface area contributed by atoms with Crippen molar-refractivity contribution >= 4 is 17.8 Å². The van der Waals surface area contributed by atoms with Gasteiger partial charge in [-0.3, -0.25) is 14.4 Å². The number of carbonyl (C=O) groups is 3. The number of rotatable bonds is 6. The SMILES string of the molecule is CCOC(=O)C1CCN(C(=O)CN(C)C(=O)c2ccc(CC)o2)CC1. The Labute approximate surface area is 147 Å². The van der Waals surface area contributed by atoms with Gasteiger partial charge in [-0.15, -0.1) is 0 Å². The number of ether oxygens (including phenoxy) is 1. The molecule has 25 heavy (non-hydrogen) atoms. The normalized spacial score (nSPS) is 15.1. The largest absolute Gasteiger partial charge is 0.466 e. The number of furan rings is 1. The van der Waals surface area contributed by atoms with Crippen LogP contribution < -0.4 is 0 Å². The van der Waals surface area contributed by atoms with Gasteiger partial charge in [0.05, 0.1) is 19.1 Å². The van der Waals surface area contributed by atoms with E-state index in [1.165, 1.54) is 4.90 Å². The molecule has 0 N–H and O–H groups in total. The van der Waals surface area contributed by atoms with Crippen LogP contribution in [0, 0.1) is 5.92 Å². The predicted molar refractivity (Wildman–Crippen MR) is 91.0 cm³/mol. The van der Waals surface area contributed by atoms with Crippen LogP contribution in [0.4, 0.5) is 0 Å². The zero-order chi connectivity index (χ0) is 18.4. The molecule has 1 saturated heterocycles. The van der Waals surface area contributed by atoms with E-state index < -0.39 is 0 Å². The van der Waals surface area contributed by atoms with Crippen molar-refractivity contribution in [3.05, 3.63) is 23.7 Å². The first kappa shape index (κ1) is 19.0. The molecule has 2 heterocycles. The highest BCUT2D eigenvalue weighted by Crippen LogP contribution is 2.19. The molecule has 7 nitrogen and oxygen atoms in total. The van der Waals surface area contributed by atoms with Crippen LogP contribution in [0.5, 0.6) is 0 Å². The first-order chi connectivity index (χ1) is 12.0. The Morgan fingerprint density at radius 3 is 2.48 bits per heavy atom. The topological polar surface area (TPSA) is 80.1 Å². The van der Waals surface area contributed by atoms with Crippen molar-refractivity contribution < 1.29 is 23.5 Å². The van der Waals surface area contributed by atoms with Gasteiger partial charge in [0.2, 0.25) is 5.91 Å². The average Bonchev–Trinajstić information content (AvgIpc) is 3.10. The number of aryl methyl sites for hydroxylation is 1. The number of hydrogen-bond acceptors (Lipinski definition) is 5. The van der Waals surface area contributed by atoms with E-state index in [1.807, 2.05) is 6.92 Å². The standard InChI is InChI=1S/C18H26N2O5/c1-4-14-6-7-15(25-14)17(22)19(3)12-16(21)20-10-8-13(9-11-20)18(23)24-5-2/h6-7,13H,4-5,8-12H2,1-3H3. The maximum atomic E-state index is 12.4. The van der Waals surface area contributed by atoms with Crippen LogP contribution in [0.25, 0.3) is 0 Å². The van der Waals surface area contributed by atoms with Gasteiger partial charge in [0.25, 0.3) is 5.91 Å². The summed E-state index contributed by atoms with van der Waals surface area (Å²) in [7, 11) is 1.58. The Morgan fingerprint density at radius 2 is 1.92 bits per heavy atom. The second kappa shape index (κ2) is 8.69. The summed E-state index contributed by atoms with van der Waals surface area (Å²) in [5.41, 5.74) is 0. The van der Waals surface area contributed by atoms with Crippen LogP contribution >= 0.6 is 0 Å². The van der Waals surface area contributed by atoms with Gasteiger partial charge < -0.3 is 19.0 Å². The first-order valence-corrected chi connectivity index (χ1v) is 8.74. The van der Waals surface area contributed by atoms with Crippen molar-refractivity contribution in [3.63, 3.8) is 0 Å². The summed E-state index contributed by atoms with van der Waals surface area (Å²) < 4.78 is 10.5. The van der Waals surface area contributed by atoms with E-state index in [2.05, 4.69) is 0 Å². The Balaban J connectivity index is 1.83. The average molecular weight is 350 g/mol. The van der Waals surface area contributed by atoms with E-state index in [9.17, 15) is 14.4 Å². The quantitative estimate of drug-likeness (QED) is 0.730. The predicted octanol–water partition coefficient (Wildman–Crippen LogP) is 1.72. The third-order valence-corrected chi connectivity index (χ3v) is 4.41. The van der Waals surface area contributed by atoms with E-state index in [-0.39, 0.29) is 36.0 Å². The number of likely N-dealkylation sites (tertiary alicyclic amines) is 1. The number of likely N-dealkylation sites (N-methyl/N-ethyl adjacent to an activating group) is 1. The van der Waals surface area contributed by atoms with Gasteiger partial charge in [0.15, 0.2) is 5.76 Å². The molecule has 1 aromatic rings. The van der Waals surface area contributed by atoms with E-state index >= 15 is 0 Å². The first-order valence-electron chi connectivity index (χ1n) is 8.74. The molecule has 0 atom stereocenters. The summed E-state index contributed by atoms with van der Waals surface area (Å²) in [6.45, 7) is 5.10. The van der Waals surface area contributed by atoms with E-state index in [0.717, 1.165) is 5.76 Å². The second-order valence-corrected chi connectivity index (χ2v) is 6.19. The lowest BCUT2D eigenvalue weighted by Gasteiger charge is -2.32. The lowest BCUT2D eigenvalue weighted by Crippen LogP contribution is -2.45. The van der Waals surface area contributed by atoms with Crippen molar-refractivity contribution in [3.8, 4) is 0 Å². The molecule has 2 amide bonds. The zero-order valence-corrected chi connectivity index (χ0v) is 15.1. The molecule has 0 bridgehead atoms. The molecule has 0 saturated carbocycles. The van der Waals surface area contributed by atoms with E-state index in [4.69, 9.17) is 9.15 Å². The maximum Gasteiger partial charge on any atom is 0.309 e. The fourth-order valence-corrected chi connectivity index (χ4v) is 2.87. The number of piperidine rings is 1. The van der Waals surface area contributed by atoms with Crippen molar-refractivity contribution in [2.24, 2.45) is 5.92 Å². The van der Waals surface area contributed by atoms with Gasteiger partial charge in [-0.2, -0.15) is 0 Å². The van der Waals surface area contributed by atoms with Crippen LogP contribution in [0.3, 0.4) is 0 Å². The fourth-order valence-electron chi connectivity index (χ4n) is 2.87. The minimum Gasteiger partial charge on any atom is -0.466 e. The highest BCUT2D eigenvalue weighted by molar-refractivity contribution is 5.94. The highest BCUT2D eigenvalue weighted by Gasteiger charge is 2.29. The molecule has 1 aliphatic heterocycles. The molecular weight excluding hydrogens is 324 g/mol. The fraction of sp³-hybridized carbons (Fsp3) is 0.611. The monoisotopic (exact) mass is 350 g/mol. The molecule has 0 aromatic carbocycles. The van der Waals surface area contributed by atoms with Crippen LogP contribution in [-0.2, 0) is 20.7 Å². The molecule has 0 unspecified atom stereocenters. The minimum atomic E-state index is -0.311. The molecule has 0 aliphatic carbocycles. The van der Waals surface area contributed by atoms with Gasteiger partial charge in [0.1, 0.15) is 5.76 Å². The summed E-state index contributed by atoms with van der Waals surface area (Å²) >= 11 is 0. The Hall–Kier alpha value is -2.31. The minimum absolute atomic E-state index is 0.00886. The van der Waals surface area contributed by atoms with Crippen molar-refractivity contribution in [1.29, 1.82) is 0 Å². The number of hydrogen-bond donors (Lipinski definition) is 0. The van der Waals surface area contributed by atoms with Crippen LogP contribution in [-0.4, -0.2) is 60.9 Å². The van der Waals surface area contributed by atoms with Gasteiger partial charge in [-0.25, -0.2) is 0 Å². The molecule has 0 radical (unpaired) electrons. The van der Waals surface area contributed by atoms with Crippen LogP contribution in [0.1, 0.15) is 43.0 Å². The van der Waals surface area contributed by atoms with Crippen molar-refractivity contribution in [2.45, 2.75) is 33.1 Å². The number of amides is 2. The number of esters is 1. The van der Waals surface area contributed by atoms with Crippen LogP contribution in [0.2, 0.25) is 0 Å². The molecule has 1 fully saturated rings. The Bertz CT molecular complexity index is 617.